The van der Waals surface area contributed by atoms with Crippen molar-refractivity contribution in [2.75, 3.05) is 5.73 Å². The molecule has 0 saturated heterocycles. The summed E-state index contributed by atoms with van der Waals surface area (Å²) in [5, 5.41) is 4.00. The van der Waals surface area contributed by atoms with Gasteiger partial charge in [0, 0.05) is 0 Å². The first-order chi connectivity index (χ1) is 5.29. The number of anilines is 1. The molecule has 4 nitrogen and oxygen atoms in total. The number of hydrogen-bond donors (Lipinski definition) is 1. The number of nitrogens with zero attached hydrogens (tertiary/aromatic N) is 3. The summed E-state index contributed by atoms with van der Waals surface area (Å²) in [6, 6.07) is 3.66. The van der Waals surface area contributed by atoms with Crippen LogP contribution >= 0.6 is 22.6 Å². The first-order valence-corrected chi connectivity index (χ1v) is 4.10. The normalized spacial score (nSPS) is 10.6. The van der Waals surface area contributed by atoms with Gasteiger partial charge in [0.25, 0.3) is 0 Å². The van der Waals surface area contributed by atoms with E-state index in [1.54, 1.807) is 4.52 Å². The fourth-order valence-electron chi connectivity index (χ4n) is 0.871. The van der Waals surface area contributed by atoms with Crippen molar-refractivity contribution >= 4 is 33.9 Å². The molecule has 2 heterocycles. The van der Waals surface area contributed by atoms with Gasteiger partial charge in [-0.1, -0.05) is 0 Å². The van der Waals surface area contributed by atoms with Gasteiger partial charge in [-0.15, -0.1) is 0 Å². The zero-order valence-corrected chi connectivity index (χ0v) is 7.69. The van der Waals surface area contributed by atoms with Crippen LogP contribution in [-0.2, 0) is 0 Å². The van der Waals surface area contributed by atoms with E-state index in [1.165, 1.54) is 6.33 Å². The molecule has 0 amide bonds. The highest BCUT2D eigenvalue weighted by Crippen LogP contribution is 2.14. The standard InChI is InChI=1S/C6H5IN4/c7-6-4(8)1-2-5-9-3-10-11(5)6/h1-3H,8H2. The fraction of sp³-hybridized carbons (Fsp3) is 0. The molecule has 2 N–H and O–H groups in total. The van der Waals surface area contributed by atoms with Gasteiger partial charge in [-0.25, -0.2) is 9.50 Å². The summed E-state index contributed by atoms with van der Waals surface area (Å²) in [6.45, 7) is 0. The predicted molar refractivity (Wildman–Crippen MR) is 50.1 cm³/mol. The Morgan fingerprint density at radius 3 is 3.09 bits per heavy atom. The van der Waals surface area contributed by atoms with Gasteiger partial charge in [0.1, 0.15) is 10.0 Å². The highest BCUT2D eigenvalue weighted by molar-refractivity contribution is 14.1. The predicted octanol–water partition coefficient (Wildman–Crippen LogP) is 0.916. The van der Waals surface area contributed by atoms with Gasteiger partial charge in [0.15, 0.2) is 5.65 Å². The maximum atomic E-state index is 5.65. The Morgan fingerprint density at radius 1 is 1.45 bits per heavy atom. The largest absolute Gasteiger partial charge is 0.397 e. The third kappa shape index (κ3) is 0.953. The van der Waals surface area contributed by atoms with Crippen LogP contribution in [0.4, 0.5) is 5.69 Å². The number of aromatic nitrogens is 3. The molecular weight excluding hydrogens is 255 g/mol. The van der Waals surface area contributed by atoms with Crippen LogP contribution < -0.4 is 5.73 Å². The molecule has 0 aromatic carbocycles. The van der Waals surface area contributed by atoms with Gasteiger partial charge in [-0.3, -0.25) is 0 Å². The van der Waals surface area contributed by atoms with E-state index in [4.69, 9.17) is 5.73 Å². The second-order valence-electron chi connectivity index (χ2n) is 2.11. The van der Waals surface area contributed by atoms with E-state index in [9.17, 15) is 0 Å². The monoisotopic (exact) mass is 260 g/mol. The Kier molecular flexibility index (Phi) is 1.45. The number of rotatable bonds is 0. The van der Waals surface area contributed by atoms with Gasteiger partial charge in [-0.05, 0) is 34.7 Å². The van der Waals surface area contributed by atoms with Crippen LogP contribution in [-0.4, -0.2) is 14.6 Å². The van der Waals surface area contributed by atoms with E-state index in [0.717, 1.165) is 15.0 Å². The highest BCUT2D eigenvalue weighted by Gasteiger charge is 2.01. The lowest BCUT2D eigenvalue weighted by atomic mass is 10.4. The third-order valence-electron chi connectivity index (χ3n) is 1.41. The van der Waals surface area contributed by atoms with Crippen molar-refractivity contribution in [3.05, 3.63) is 22.2 Å². The van der Waals surface area contributed by atoms with Crippen LogP contribution in [0.1, 0.15) is 0 Å². The molecule has 2 aromatic heterocycles. The van der Waals surface area contributed by atoms with Crippen molar-refractivity contribution in [1.82, 2.24) is 14.6 Å². The van der Waals surface area contributed by atoms with Crippen LogP contribution in [0.5, 0.6) is 0 Å². The molecule has 0 unspecified atom stereocenters. The number of pyridine rings is 1. The van der Waals surface area contributed by atoms with Gasteiger partial charge in [-0.2, -0.15) is 5.10 Å². The quantitative estimate of drug-likeness (QED) is 0.566. The zero-order chi connectivity index (χ0) is 7.84. The first-order valence-electron chi connectivity index (χ1n) is 3.03. The Morgan fingerprint density at radius 2 is 2.27 bits per heavy atom. The highest BCUT2D eigenvalue weighted by atomic mass is 127. The lowest BCUT2D eigenvalue weighted by Gasteiger charge is -1.98. The van der Waals surface area contributed by atoms with Crippen molar-refractivity contribution < 1.29 is 0 Å². The summed E-state index contributed by atoms with van der Waals surface area (Å²) in [7, 11) is 0. The van der Waals surface area contributed by atoms with E-state index in [0.29, 0.717) is 0 Å². The van der Waals surface area contributed by atoms with E-state index in [-0.39, 0.29) is 0 Å². The van der Waals surface area contributed by atoms with Gasteiger partial charge in [0.2, 0.25) is 0 Å². The molecule has 0 aliphatic rings. The maximum absolute atomic E-state index is 5.65. The molecule has 0 aliphatic heterocycles. The number of halogens is 1. The number of nitrogen functional groups attached to an aromatic ring is 1. The molecule has 2 aromatic rings. The summed E-state index contributed by atoms with van der Waals surface area (Å²) >= 11 is 2.13. The van der Waals surface area contributed by atoms with Crippen molar-refractivity contribution in [1.29, 1.82) is 0 Å². The number of nitrogens with two attached hydrogens (primary N) is 1. The summed E-state index contributed by atoms with van der Waals surface area (Å²) in [5.74, 6) is 0. The van der Waals surface area contributed by atoms with Crippen molar-refractivity contribution in [2.45, 2.75) is 0 Å². The van der Waals surface area contributed by atoms with Crippen LogP contribution in [0.3, 0.4) is 0 Å². The van der Waals surface area contributed by atoms with Crippen molar-refractivity contribution in [3.63, 3.8) is 0 Å². The van der Waals surface area contributed by atoms with Crippen molar-refractivity contribution in [3.8, 4) is 0 Å². The lowest BCUT2D eigenvalue weighted by molar-refractivity contribution is 0.936. The average molecular weight is 260 g/mol. The molecule has 0 spiro atoms. The Bertz CT molecular complexity index is 394. The minimum absolute atomic E-state index is 0.726. The van der Waals surface area contributed by atoms with Crippen LogP contribution in [0.15, 0.2) is 18.5 Å². The Labute approximate surface area is 76.6 Å². The molecule has 5 heteroatoms. The topological polar surface area (TPSA) is 56.2 Å². The molecule has 56 valence electrons. The third-order valence-corrected chi connectivity index (χ3v) is 2.49. The molecule has 0 atom stereocenters. The van der Waals surface area contributed by atoms with Gasteiger partial charge in [0.05, 0.1) is 5.69 Å². The molecule has 0 saturated carbocycles. The maximum Gasteiger partial charge on any atom is 0.156 e. The lowest BCUT2D eigenvalue weighted by Crippen LogP contribution is -1.98. The zero-order valence-electron chi connectivity index (χ0n) is 5.53. The molecule has 0 fully saturated rings. The Hall–Kier alpha value is -0.850. The minimum atomic E-state index is 0.726. The number of hydrogen-bond acceptors (Lipinski definition) is 3. The molecule has 0 radical (unpaired) electrons. The molecule has 11 heavy (non-hydrogen) atoms. The first kappa shape index (κ1) is 6.84. The van der Waals surface area contributed by atoms with Crippen LogP contribution in [0.2, 0.25) is 0 Å². The summed E-state index contributed by atoms with van der Waals surface area (Å²) in [5.41, 5.74) is 7.20. The second-order valence-corrected chi connectivity index (χ2v) is 3.13. The number of fused-ring (bicyclic) bond motifs is 1. The van der Waals surface area contributed by atoms with Gasteiger partial charge >= 0.3 is 0 Å². The SMILES string of the molecule is Nc1ccc2ncnn2c1I. The molecule has 0 bridgehead atoms. The van der Waals surface area contributed by atoms with E-state index < -0.39 is 0 Å². The van der Waals surface area contributed by atoms with Gasteiger partial charge < -0.3 is 5.73 Å². The van der Waals surface area contributed by atoms with E-state index in [2.05, 4.69) is 32.7 Å². The summed E-state index contributed by atoms with van der Waals surface area (Å²) < 4.78 is 2.60. The average Bonchev–Trinajstić information content (AvgIpc) is 2.45. The minimum Gasteiger partial charge on any atom is -0.397 e. The second kappa shape index (κ2) is 2.33. The van der Waals surface area contributed by atoms with E-state index >= 15 is 0 Å². The van der Waals surface area contributed by atoms with Crippen LogP contribution in [0, 0.1) is 3.70 Å². The van der Waals surface area contributed by atoms with Crippen LogP contribution in [0.25, 0.3) is 5.65 Å². The molecule has 2 rings (SSSR count). The fourth-order valence-corrected chi connectivity index (χ4v) is 1.42. The molecule has 0 aliphatic carbocycles. The Balaban J connectivity index is 2.93. The summed E-state index contributed by atoms with van der Waals surface area (Å²) in [6.07, 6.45) is 1.51. The summed E-state index contributed by atoms with van der Waals surface area (Å²) in [4.78, 5) is 4.01. The molecular formula is C6H5IN4. The van der Waals surface area contributed by atoms with Crippen molar-refractivity contribution in [2.24, 2.45) is 0 Å². The van der Waals surface area contributed by atoms with E-state index in [1.807, 2.05) is 12.1 Å². The smallest absolute Gasteiger partial charge is 0.156 e.